The summed E-state index contributed by atoms with van der Waals surface area (Å²) in [4.78, 5) is 14.5. The van der Waals surface area contributed by atoms with Gasteiger partial charge in [-0.05, 0) is 18.9 Å². The van der Waals surface area contributed by atoms with Gasteiger partial charge >= 0.3 is 0 Å². The van der Waals surface area contributed by atoms with E-state index in [2.05, 4.69) is 0 Å². The summed E-state index contributed by atoms with van der Waals surface area (Å²) in [6, 6.07) is 6.47. The van der Waals surface area contributed by atoms with Crippen LogP contribution in [0.15, 0.2) is 24.3 Å². The molecule has 1 aromatic carbocycles. The molecule has 2 rings (SSSR count). The quantitative estimate of drug-likeness (QED) is 0.868. The van der Waals surface area contributed by atoms with Gasteiger partial charge in [-0.1, -0.05) is 43.3 Å². The van der Waals surface area contributed by atoms with Gasteiger partial charge in [0.25, 0.3) is 0 Å². The SMILES string of the molecule is CN(Cc1ccccc1F)C(=O)C1(C(N)=S)CCCC1. The summed E-state index contributed by atoms with van der Waals surface area (Å²) in [6.07, 6.45) is 3.30. The molecule has 0 spiro atoms. The molecule has 0 heterocycles. The van der Waals surface area contributed by atoms with Crippen molar-refractivity contribution in [2.75, 3.05) is 7.05 Å². The molecule has 20 heavy (non-hydrogen) atoms. The highest BCUT2D eigenvalue weighted by Gasteiger charge is 2.45. The number of rotatable bonds is 4. The molecular formula is C15H19FN2OS. The van der Waals surface area contributed by atoms with Gasteiger partial charge in [0.2, 0.25) is 5.91 Å². The second kappa shape index (κ2) is 5.87. The molecule has 5 heteroatoms. The van der Waals surface area contributed by atoms with Crippen LogP contribution in [0.1, 0.15) is 31.2 Å². The van der Waals surface area contributed by atoms with Crippen molar-refractivity contribution in [3.05, 3.63) is 35.6 Å². The molecule has 0 saturated heterocycles. The van der Waals surface area contributed by atoms with Gasteiger partial charge in [-0.15, -0.1) is 0 Å². The summed E-state index contributed by atoms with van der Waals surface area (Å²) in [6.45, 7) is 0.232. The number of nitrogens with zero attached hydrogens (tertiary/aromatic N) is 1. The number of amides is 1. The van der Waals surface area contributed by atoms with Gasteiger partial charge in [-0.3, -0.25) is 4.79 Å². The van der Waals surface area contributed by atoms with Gasteiger partial charge in [0.15, 0.2) is 0 Å². The Balaban J connectivity index is 2.16. The Morgan fingerprint density at radius 3 is 2.55 bits per heavy atom. The zero-order valence-corrected chi connectivity index (χ0v) is 12.4. The van der Waals surface area contributed by atoms with Crippen LogP contribution in [-0.4, -0.2) is 22.8 Å². The molecular weight excluding hydrogens is 275 g/mol. The first-order valence-electron chi connectivity index (χ1n) is 6.76. The van der Waals surface area contributed by atoms with Gasteiger partial charge in [0.05, 0.1) is 10.4 Å². The van der Waals surface area contributed by atoms with Crippen molar-refractivity contribution in [3.8, 4) is 0 Å². The minimum absolute atomic E-state index is 0.0919. The molecule has 0 radical (unpaired) electrons. The molecule has 0 aromatic heterocycles. The molecule has 2 N–H and O–H groups in total. The number of carbonyl (C=O) groups excluding carboxylic acids is 1. The Morgan fingerprint density at radius 2 is 2.00 bits per heavy atom. The molecule has 3 nitrogen and oxygen atoms in total. The van der Waals surface area contributed by atoms with E-state index in [1.807, 2.05) is 0 Å². The Kier molecular flexibility index (Phi) is 4.38. The van der Waals surface area contributed by atoms with E-state index in [9.17, 15) is 9.18 Å². The maximum Gasteiger partial charge on any atom is 0.235 e. The van der Waals surface area contributed by atoms with Crippen LogP contribution in [0.2, 0.25) is 0 Å². The number of benzene rings is 1. The van der Waals surface area contributed by atoms with Crippen LogP contribution in [0, 0.1) is 11.2 Å². The first kappa shape index (κ1) is 14.9. The lowest BCUT2D eigenvalue weighted by molar-refractivity contribution is -0.137. The van der Waals surface area contributed by atoms with Crippen LogP contribution in [-0.2, 0) is 11.3 Å². The number of nitrogens with two attached hydrogens (primary N) is 1. The first-order chi connectivity index (χ1) is 9.47. The number of hydrogen-bond donors (Lipinski definition) is 1. The highest BCUT2D eigenvalue weighted by atomic mass is 32.1. The van der Waals surface area contributed by atoms with Gasteiger partial charge in [0.1, 0.15) is 5.82 Å². The minimum atomic E-state index is -0.727. The van der Waals surface area contributed by atoms with Gasteiger partial charge in [-0.25, -0.2) is 4.39 Å². The summed E-state index contributed by atoms with van der Waals surface area (Å²) in [7, 11) is 1.67. The topological polar surface area (TPSA) is 46.3 Å². The fourth-order valence-corrected chi connectivity index (χ4v) is 3.15. The highest BCUT2D eigenvalue weighted by Crippen LogP contribution is 2.40. The lowest BCUT2D eigenvalue weighted by Crippen LogP contribution is -2.47. The molecule has 1 aliphatic rings. The van der Waals surface area contributed by atoms with Crippen molar-refractivity contribution >= 4 is 23.1 Å². The van der Waals surface area contributed by atoms with E-state index in [1.54, 1.807) is 25.2 Å². The van der Waals surface area contributed by atoms with Crippen LogP contribution in [0.25, 0.3) is 0 Å². The van der Waals surface area contributed by atoms with E-state index in [4.69, 9.17) is 18.0 Å². The maximum absolute atomic E-state index is 13.7. The molecule has 1 fully saturated rings. The van der Waals surface area contributed by atoms with Crippen molar-refractivity contribution in [1.29, 1.82) is 0 Å². The predicted octanol–water partition coefficient (Wildman–Crippen LogP) is 2.63. The smallest absolute Gasteiger partial charge is 0.235 e. The lowest BCUT2D eigenvalue weighted by atomic mass is 9.84. The minimum Gasteiger partial charge on any atom is -0.392 e. The third kappa shape index (κ3) is 2.68. The van der Waals surface area contributed by atoms with E-state index >= 15 is 0 Å². The number of thiocarbonyl (C=S) groups is 1. The zero-order chi connectivity index (χ0) is 14.8. The monoisotopic (exact) mass is 294 g/mol. The fraction of sp³-hybridized carbons (Fsp3) is 0.467. The van der Waals surface area contributed by atoms with Crippen molar-refractivity contribution in [3.63, 3.8) is 0 Å². The van der Waals surface area contributed by atoms with Gasteiger partial charge < -0.3 is 10.6 Å². The summed E-state index contributed by atoms with van der Waals surface area (Å²) in [5.41, 5.74) is 5.58. The van der Waals surface area contributed by atoms with Gasteiger partial charge in [0, 0.05) is 19.2 Å². The average molecular weight is 294 g/mol. The van der Waals surface area contributed by atoms with Crippen LogP contribution < -0.4 is 5.73 Å². The normalized spacial score (nSPS) is 16.9. The molecule has 0 unspecified atom stereocenters. The molecule has 1 saturated carbocycles. The standard InChI is InChI=1S/C15H19FN2OS/c1-18(10-11-6-2-3-7-12(11)16)14(19)15(13(17)20)8-4-5-9-15/h2-3,6-7H,4-5,8-10H2,1H3,(H2,17,20). The molecule has 108 valence electrons. The zero-order valence-electron chi connectivity index (χ0n) is 11.6. The number of hydrogen-bond acceptors (Lipinski definition) is 2. The van der Waals surface area contributed by atoms with Crippen molar-refractivity contribution < 1.29 is 9.18 Å². The average Bonchev–Trinajstić information content (AvgIpc) is 2.91. The van der Waals surface area contributed by atoms with E-state index < -0.39 is 5.41 Å². The third-order valence-electron chi connectivity index (χ3n) is 4.05. The van der Waals surface area contributed by atoms with E-state index in [0.717, 1.165) is 12.8 Å². The van der Waals surface area contributed by atoms with Crippen molar-refractivity contribution in [2.45, 2.75) is 32.2 Å². The third-order valence-corrected chi connectivity index (χ3v) is 4.44. The van der Waals surface area contributed by atoms with Crippen LogP contribution in [0.3, 0.4) is 0 Å². The molecule has 1 amide bonds. The van der Waals surface area contributed by atoms with Crippen molar-refractivity contribution in [2.24, 2.45) is 11.1 Å². The molecule has 0 atom stereocenters. The highest BCUT2D eigenvalue weighted by molar-refractivity contribution is 7.80. The number of halogens is 1. The molecule has 0 aliphatic heterocycles. The Morgan fingerprint density at radius 1 is 1.40 bits per heavy atom. The van der Waals surface area contributed by atoms with E-state index in [-0.39, 0.29) is 23.3 Å². The first-order valence-corrected chi connectivity index (χ1v) is 7.17. The van der Waals surface area contributed by atoms with Crippen LogP contribution >= 0.6 is 12.2 Å². The van der Waals surface area contributed by atoms with Crippen molar-refractivity contribution in [1.82, 2.24) is 4.90 Å². The Labute approximate surface area is 123 Å². The van der Waals surface area contributed by atoms with E-state index in [1.165, 1.54) is 11.0 Å². The largest absolute Gasteiger partial charge is 0.392 e. The summed E-state index contributed by atoms with van der Waals surface area (Å²) in [5.74, 6) is -0.395. The van der Waals surface area contributed by atoms with Crippen LogP contribution in [0.5, 0.6) is 0 Å². The Hall–Kier alpha value is -1.49. The second-order valence-electron chi connectivity index (χ2n) is 5.41. The van der Waals surface area contributed by atoms with Crippen LogP contribution in [0.4, 0.5) is 4.39 Å². The number of carbonyl (C=O) groups is 1. The second-order valence-corrected chi connectivity index (χ2v) is 5.85. The maximum atomic E-state index is 13.7. The molecule has 1 aliphatic carbocycles. The predicted molar refractivity (Wildman–Crippen MR) is 80.6 cm³/mol. The summed E-state index contributed by atoms with van der Waals surface area (Å²) in [5, 5.41) is 0. The molecule has 0 bridgehead atoms. The lowest BCUT2D eigenvalue weighted by Gasteiger charge is -2.31. The summed E-state index contributed by atoms with van der Waals surface area (Å²) >= 11 is 5.11. The van der Waals surface area contributed by atoms with E-state index in [0.29, 0.717) is 18.4 Å². The summed E-state index contributed by atoms with van der Waals surface area (Å²) < 4.78 is 13.7. The molecule has 1 aromatic rings. The van der Waals surface area contributed by atoms with Gasteiger partial charge in [-0.2, -0.15) is 0 Å². The fourth-order valence-electron chi connectivity index (χ4n) is 2.86. The Bertz CT molecular complexity index is 526.